The second-order valence-corrected chi connectivity index (χ2v) is 6.53. The van der Waals surface area contributed by atoms with Crippen molar-refractivity contribution in [1.29, 1.82) is 0 Å². The average molecular weight is 410 g/mol. The number of esters is 2. The summed E-state index contributed by atoms with van der Waals surface area (Å²) >= 11 is 0. The molecule has 31 heavy (non-hydrogen) atoms. The van der Waals surface area contributed by atoms with Gasteiger partial charge in [0.2, 0.25) is 0 Å². The topological polar surface area (TPSA) is 61.8 Å². The second kappa shape index (κ2) is 9.41. The summed E-state index contributed by atoms with van der Waals surface area (Å²) in [6.07, 6.45) is 0. The SMILES string of the molecule is O=C(OC(=O)c1ccccc1Oc1ccccc1)c1cccc(Oc2ccccc2)c1. The lowest BCUT2D eigenvalue weighted by atomic mass is 10.2. The Labute approximate surface area is 179 Å². The summed E-state index contributed by atoms with van der Waals surface area (Å²) in [6, 6.07) is 31.3. The van der Waals surface area contributed by atoms with Crippen molar-refractivity contribution in [2.45, 2.75) is 0 Å². The smallest absolute Gasteiger partial charge is 0.349 e. The first kappa shape index (κ1) is 19.9. The minimum absolute atomic E-state index is 0.149. The number of hydrogen-bond acceptors (Lipinski definition) is 5. The maximum absolute atomic E-state index is 12.7. The number of hydrogen-bond donors (Lipinski definition) is 0. The highest BCUT2D eigenvalue weighted by Gasteiger charge is 2.19. The van der Waals surface area contributed by atoms with Gasteiger partial charge in [-0.1, -0.05) is 54.6 Å². The number of carbonyl (C=O) groups excluding carboxylic acids is 2. The van der Waals surface area contributed by atoms with Gasteiger partial charge in [0.15, 0.2) is 0 Å². The summed E-state index contributed by atoms with van der Waals surface area (Å²) in [7, 11) is 0. The van der Waals surface area contributed by atoms with E-state index in [1.165, 1.54) is 6.07 Å². The van der Waals surface area contributed by atoms with Gasteiger partial charge in [-0.3, -0.25) is 0 Å². The average Bonchev–Trinajstić information content (AvgIpc) is 2.81. The maximum atomic E-state index is 12.7. The van der Waals surface area contributed by atoms with Gasteiger partial charge in [0.1, 0.15) is 28.6 Å². The molecular weight excluding hydrogens is 392 g/mol. The molecule has 0 saturated heterocycles. The van der Waals surface area contributed by atoms with Gasteiger partial charge in [-0.25, -0.2) is 9.59 Å². The highest BCUT2D eigenvalue weighted by molar-refractivity contribution is 6.04. The Bertz CT molecular complexity index is 1190. The first-order valence-corrected chi connectivity index (χ1v) is 9.60. The highest BCUT2D eigenvalue weighted by Crippen LogP contribution is 2.26. The molecule has 5 nitrogen and oxygen atoms in total. The van der Waals surface area contributed by atoms with Gasteiger partial charge in [-0.05, 0) is 54.6 Å². The van der Waals surface area contributed by atoms with Crippen molar-refractivity contribution in [2.24, 2.45) is 0 Å². The van der Waals surface area contributed by atoms with Crippen LogP contribution in [0.4, 0.5) is 0 Å². The van der Waals surface area contributed by atoms with Gasteiger partial charge in [-0.15, -0.1) is 0 Å². The fourth-order valence-electron chi connectivity index (χ4n) is 2.85. The quantitative estimate of drug-likeness (QED) is 0.277. The van der Waals surface area contributed by atoms with Crippen LogP contribution in [0.3, 0.4) is 0 Å². The molecule has 0 aliphatic carbocycles. The van der Waals surface area contributed by atoms with Crippen LogP contribution < -0.4 is 9.47 Å². The molecule has 152 valence electrons. The number of benzene rings is 4. The molecule has 5 heteroatoms. The molecule has 0 atom stereocenters. The molecule has 0 heterocycles. The molecule has 4 aromatic rings. The van der Waals surface area contributed by atoms with Crippen molar-refractivity contribution in [3.63, 3.8) is 0 Å². The van der Waals surface area contributed by atoms with E-state index >= 15 is 0 Å². The molecule has 0 aliphatic heterocycles. The normalized spacial score (nSPS) is 10.2. The van der Waals surface area contributed by atoms with Crippen LogP contribution in [0.1, 0.15) is 20.7 Å². The standard InChI is InChI=1S/C26H18O5/c27-25(19-10-9-15-22(18-19)29-20-11-3-1-4-12-20)31-26(28)23-16-7-8-17-24(23)30-21-13-5-2-6-14-21/h1-18H. The van der Waals surface area contributed by atoms with E-state index in [-0.39, 0.29) is 11.1 Å². The van der Waals surface area contributed by atoms with Crippen LogP contribution in [-0.2, 0) is 4.74 Å². The second-order valence-electron chi connectivity index (χ2n) is 6.53. The molecule has 0 unspecified atom stereocenters. The summed E-state index contributed by atoms with van der Waals surface area (Å²) in [5, 5.41) is 0. The molecule has 0 radical (unpaired) electrons. The predicted octanol–water partition coefficient (Wildman–Crippen LogP) is 6.27. The minimum Gasteiger partial charge on any atom is -0.457 e. The summed E-state index contributed by atoms with van der Waals surface area (Å²) in [6.45, 7) is 0. The van der Waals surface area contributed by atoms with Crippen LogP contribution in [-0.4, -0.2) is 11.9 Å². The Hall–Kier alpha value is -4.38. The van der Waals surface area contributed by atoms with E-state index in [9.17, 15) is 9.59 Å². The van der Waals surface area contributed by atoms with Crippen LogP contribution in [0.25, 0.3) is 0 Å². The Kier molecular flexibility index (Phi) is 6.05. The summed E-state index contributed by atoms with van der Waals surface area (Å²) in [5.41, 5.74) is 0.347. The van der Waals surface area contributed by atoms with E-state index in [4.69, 9.17) is 14.2 Å². The van der Waals surface area contributed by atoms with Crippen molar-refractivity contribution in [1.82, 2.24) is 0 Å². The van der Waals surface area contributed by atoms with Gasteiger partial charge in [0, 0.05) is 0 Å². The van der Waals surface area contributed by atoms with E-state index in [2.05, 4.69) is 0 Å². The first-order chi connectivity index (χ1) is 15.2. The molecule has 0 saturated carbocycles. The molecule has 0 spiro atoms. The van der Waals surface area contributed by atoms with Gasteiger partial charge < -0.3 is 14.2 Å². The van der Waals surface area contributed by atoms with Crippen molar-refractivity contribution in [2.75, 3.05) is 0 Å². The van der Waals surface area contributed by atoms with E-state index < -0.39 is 11.9 Å². The molecular formula is C26H18O5. The van der Waals surface area contributed by atoms with Gasteiger partial charge in [0.05, 0.1) is 5.56 Å². The zero-order valence-corrected chi connectivity index (χ0v) is 16.4. The Balaban J connectivity index is 1.48. The number of carbonyl (C=O) groups is 2. The van der Waals surface area contributed by atoms with Crippen molar-refractivity contribution < 1.29 is 23.8 Å². The molecule has 4 aromatic carbocycles. The molecule has 0 amide bonds. The predicted molar refractivity (Wildman–Crippen MR) is 116 cm³/mol. The minimum atomic E-state index is -0.800. The van der Waals surface area contributed by atoms with E-state index in [0.29, 0.717) is 23.0 Å². The Morgan fingerprint density at radius 3 is 1.81 bits per heavy atom. The van der Waals surface area contributed by atoms with Crippen molar-refractivity contribution in [3.05, 3.63) is 120 Å². The van der Waals surface area contributed by atoms with Crippen LogP contribution >= 0.6 is 0 Å². The summed E-state index contributed by atoms with van der Waals surface area (Å²) in [4.78, 5) is 25.2. The van der Waals surface area contributed by atoms with Crippen LogP contribution in [0.2, 0.25) is 0 Å². The van der Waals surface area contributed by atoms with E-state index in [1.807, 2.05) is 36.4 Å². The van der Waals surface area contributed by atoms with Crippen molar-refractivity contribution in [3.8, 4) is 23.0 Å². The largest absolute Gasteiger partial charge is 0.457 e. The third-order valence-corrected chi connectivity index (χ3v) is 4.31. The third-order valence-electron chi connectivity index (χ3n) is 4.31. The monoisotopic (exact) mass is 410 g/mol. The fourth-order valence-corrected chi connectivity index (χ4v) is 2.85. The van der Waals surface area contributed by atoms with Gasteiger partial charge in [-0.2, -0.15) is 0 Å². The number of para-hydroxylation sites is 3. The van der Waals surface area contributed by atoms with E-state index in [0.717, 1.165) is 0 Å². The first-order valence-electron chi connectivity index (χ1n) is 9.60. The fraction of sp³-hybridized carbons (Fsp3) is 0. The van der Waals surface area contributed by atoms with Crippen molar-refractivity contribution >= 4 is 11.9 Å². The van der Waals surface area contributed by atoms with Crippen LogP contribution in [0, 0.1) is 0 Å². The molecule has 4 rings (SSSR count). The van der Waals surface area contributed by atoms with E-state index in [1.54, 1.807) is 66.7 Å². The number of ether oxygens (including phenoxy) is 3. The molecule has 0 aliphatic rings. The highest BCUT2D eigenvalue weighted by atomic mass is 16.6. The summed E-state index contributed by atoms with van der Waals surface area (Å²) in [5.74, 6) is 0.383. The maximum Gasteiger partial charge on any atom is 0.349 e. The van der Waals surface area contributed by atoms with Gasteiger partial charge >= 0.3 is 11.9 Å². The lowest BCUT2D eigenvalue weighted by molar-refractivity contribution is 0.0396. The molecule has 0 bridgehead atoms. The molecule has 0 aromatic heterocycles. The zero-order chi connectivity index (χ0) is 21.5. The lowest BCUT2D eigenvalue weighted by Crippen LogP contribution is -2.13. The molecule has 0 N–H and O–H groups in total. The summed E-state index contributed by atoms with van der Waals surface area (Å²) < 4.78 is 16.6. The lowest BCUT2D eigenvalue weighted by Gasteiger charge is -2.11. The number of rotatable bonds is 6. The Morgan fingerprint density at radius 2 is 1.10 bits per heavy atom. The van der Waals surface area contributed by atoms with Crippen LogP contribution in [0.5, 0.6) is 23.0 Å². The molecule has 0 fully saturated rings. The van der Waals surface area contributed by atoms with Crippen LogP contribution in [0.15, 0.2) is 109 Å². The van der Waals surface area contributed by atoms with Gasteiger partial charge in [0.25, 0.3) is 0 Å². The third kappa shape index (κ3) is 5.16. The zero-order valence-electron chi connectivity index (χ0n) is 16.4. The Morgan fingerprint density at radius 1 is 0.516 bits per heavy atom.